The highest BCUT2D eigenvalue weighted by Crippen LogP contribution is 2.23. The fraction of sp³-hybridized carbons (Fsp3) is 0.391. The number of benzene rings is 2. The molecule has 0 radical (unpaired) electrons. The molecule has 2 aliphatic rings. The van der Waals surface area contributed by atoms with E-state index in [0.717, 1.165) is 87.7 Å². The monoisotopic (exact) mass is 1210 g/mol. The first-order chi connectivity index (χ1) is 30.7. The second-order valence-electron chi connectivity index (χ2n) is 15.1. The number of para-hydroxylation sites is 2. The molecule has 2 fully saturated rings. The quantitative estimate of drug-likeness (QED) is 0.0566. The number of ether oxygens (including phenoxy) is 2. The van der Waals surface area contributed by atoms with E-state index in [1.54, 1.807) is 26.2 Å². The summed E-state index contributed by atoms with van der Waals surface area (Å²) in [5.41, 5.74) is 10.7. The maximum absolute atomic E-state index is 11.7. The number of halogens is 3. The third-order valence-corrected chi connectivity index (χ3v) is 11.0. The number of aldehydes is 1. The van der Waals surface area contributed by atoms with E-state index in [2.05, 4.69) is 109 Å². The lowest BCUT2D eigenvalue weighted by Crippen LogP contribution is -2.37. The summed E-state index contributed by atoms with van der Waals surface area (Å²) in [7, 11) is 4.01. The number of aryl methyl sites for hydroxylation is 2. The number of aliphatic imine (C=N–C) groups is 1. The molecule has 0 aliphatic carbocycles. The second-order valence-corrected chi connectivity index (χ2v) is 15.1. The number of carbonyl (C=O) groups is 3. The van der Waals surface area contributed by atoms with Crippen molar-refractivity contribution >= 4 is 119 Å². The van der Waals surface area contributed by atoms with Gasteiger partial charge in [0, 0.05) is 160 Å². The summed E-state index contributed by atoms with van der Waals surface area (Å²) in [6.45, 7) is 9.46. The smallest absolute Gasteiger partial charge is 0.341 e. The molecule has 0 spiro atoms. The molecule has 4 aromatic heterocycles. The van der Waals surface area contributed by atoms with E-state index in [-0.39, 0.29) is 35.9 Å². The summed E-state index contributed by atoms with van der Waals surface area (Å²) >= 11 is 4.24. The van der Waals surface area contributed by atoms with Gasteiger partial charge in [-0.3, -0.25) is 9.79 Å². The number of carbonyl (C=O) groups excluding carboxylic acids is 3. The van der Waals surface area contributed by atoms with Crippen molar-refractivity contribution in [2.75, 3.05) is 62.3 Å². The van der Waals surface area contributed by atoms with E-state index in [4.69, 9.17) is 20.2 Å². The molecular weight excluding hydrogens is 1150 g/mol. The van der Waals surface area contributed by atoms with Crippen LogP contribution in [0.2, 0.25) is 0 Å². The van der Waals surface area contributed by atoms with Crippen molar-refractivity contribution in [3.8, 4) is 0 Å². The summed E-state index contributed by atoms with van der Waals surface area (Å²) in [5.74, 6) is 1.74. The van der Waals surface area contributed by atoms with Gasteiger partial charge in [0.25, 0.3) is 0 Å². The zero-order chi connectivity index (χ0) is 45.1. The Kier molecular flexibility index (Phi) is 22.3. The zero-order valence-electron chi connectivity index (χ0n) is 36.7. The van der Waals surface area contributed by atoms with E-state index >= 15 is 0 Å². The molecule has 6 aromatic rings. The Bertz CT molecular complexity index is 2390. The van der Waals surface area contributed by atoms with Gasteiger partial charge >= 0.3 is 11.9 Å². The number of nitrogens with two attached hydrogens (primary N) is 1. The molecule has 0 saturated carbocycles. The van der Waals surface area contributed by atoms with Gasteiger partial charge in [0.15, 0.2) is 6.29 Å². The Morgan fingerprint density at radius 1 is 0.703 bits per heavy atom. The molecular formula is C46H57I3N10O5. The fourth-order valence-corrected chi connectivity index (χ4v) is 7.54. The van der Waals surface area contributed by atoms with Crippen LogP contribution in [0.3, 0.4) is 0 Å². The highest BCUT2D eigenvalue weighted by Gasteiger charge is 2.22. The van der Waals surface area contributed by atoms with Crippen molar-refractivity contribution in [2.45, 2.75) is 39.5 Å². The maximum Gasteiger partial charge on any atom is 0.341 e. The Morgan fingerprint density at radius 3 is 1.53 bits per heavy atom. The predicted molar refractivity (Wildman–Crippen MR) is 282 cm³/mol. The molecule has 6 heterocycles. The number of nitrogens with zero attached hydrogens (tertiary/aromatic N) is 9. The molecule has 15 nitrogen and oxygen atoms in total. The summed E-state index contributed by atoms with van der Waals surface area (Å²) in [5, 5.41) is 2.26. The van der Waals surface area contributed by atoms with Crippen molar-refractivity contribution in [3.05, 3.63) is 108 Å². The molecule has 0 atom stereocenters. The van der Waals surface area contributed by atoms with E-state index in [9.17, 15) is 14.4 Å². The van der Waals surface area contributed by atoms with Crippen LogP contribution in [0.15, 0.2) is 90.7 Å². The lowest BCUT2D eigenvalue weighted by atomic mass is 9.97. The molecule has 2 aromatic carbocycles. The SMILES string of the molecule is CCOC(=O)c1cnc(N2CCC(CN)CC2)nc1.CCOC(=O)c1cnc(N2CCC(CN=Cc3cn(C)c4ccccc34)CC2)nc1.Cn1cc(C=O)c2ccccc21.I.II. The van der Waals surface area contributed by atoms with Gasteiger partial charge in [-0.1, -0.05) is 36.4 Å². The molecule has 2 aliphatic heterocycles. The molecule has 2 N–H and O–H groups in total. The van der Waals surface area contributed by atoms with Gasteiger partial charge in [0.1, 0.15) is 0 Å². The average Bonchev–Trinajstić information content (AvgIpc) is 3.85. The molecule has 0 amide bonds. The number of fused-ring (bicyclic) bond motifs is 2. The Hall–Kier alpha value is -4.29. The van der Waals surface area contributed by atoms with Gasteiger partial charge in [-0.2, -0.15) is 0 Å². The van der Waals surface area contributed by atoms with Crippen molar-refractivity contribution in [2.24, 2.45) is 36.7 Å². The molecule has 64 heavy (non-hydrogen) atoms. The summed E-state index contributed by atoms with van der Waals surface area (Å²) in [4.78, 5) is 60.0. The van der Waals surface area contributed by atoms with Crippen molar-refractivity contribution in [1.82, 2.24) is 29.1 Å². The minimum Gasteiger partial charge on any atom is -0.462 e. The molecule has 18 heteroatoms. The van der Waals surface area contributed by atoms with Crippen LogP contribution in [-0.4, -0.2) is 106 Å². The Morgan fingerprint density at radius 2 is 1.11 bits per heavy atom. The molecule has 2 saturated heterocycles. The first-order valence-electron chi connectivity index (χ1n) is 21.1. The Labute approximate surface area is 415 Å². The predicted octanol–water partition coefficient (Wildman–Crippen LogP) is 8.69. The maximum atomic E-state index is 11.7. The van der Waals surface area contributed by atoms with E-state index in [0.29, 0.717) is 48.1 Å². The van der Waals surface area contributed by atoms with Crippen molar-refractivity contribution in [1.29, 1.82) is 0 Å². The highest BCUT2D eigenvalue weighted by atomic mass is 128. The summed E-state index contributed by atoms with van der Waals surface area (Å²) in [6.07, 6.45) is 17.2. The number of hydrogen-bond acceptors (Lipinski definition) is 13. The number of rotatable bonds is 11. The number of esters is 2. The molecule has 8 rings (SSSR count). The van der Waals surface area contributed by atoms with Crippen LogP contribution in [0.4, 0.5) is 11.9 Å². The van der Waals surface area contributed by atoms with Gasteiger partial charge in [0.2, 0.25) is 11.9 Å². The number of aromatic nitrogens is 6. The van der Waals surface area contributed by atoms with Crippen LogP contribution in [0.25, 0.3) is 21.8 Å². The van der Waals surface area contributed by atoms with Gasteiger partial charge in [-0.25, -0.2) is 29.5 Å². The van der Waals surface area contributed by atoms with Crippen LogP contribution in [0, 0.1) is 11.8 Å². The van der Waals surface area contributed by atoms with E-state index in [1.165, 1.54) is 28.9 Å². The second kappa shape index (κ2) is 27.2. The Balaban J connectivity index is 0.000000225. The normalized spacial score (nSPS) is 14.0. The summed E-state index contributed by atoms with van der Waals surface area (Å²) in [6, 6.07) is 16.3. The van der Waals surface area contributed by atoms with Gasteiger partial charge in [0.05, 0.1) is 24.3 Å². The minimum atomic E-state index is -0.383. The van der Waals surface area contributed by atoms with Crippen LogP contribution >= 0.6 is 61.2 Å². The van der Waals surface area contributed by atoms with Crippen molar-refractivity contribution < 1.29 is 23.9 Å². The van der Waals surface area contributed by atoms with E-state index in [1.807, 2.05) is 48.3 Å². The first-order valence-corrected chi connectivity index (χ1v) is 27.4. The third kappa shape index (κ3) is 14.4. The van der Waals surface area contributed by atoms with E-state index < -0.39 is 0 Å². The lowest BCUT2D eigenvalue weighted by Gasteiger charge is -2.31. The molecule has 0 bridgehead atoms. The van der Waals surface area contributed by atoms with Gasteiger partial charge < -0.3 is 34.1 Å². The standard InChI is InChI=1S/C23H27N5O2.C13H20N4O2.C10H9NO.I2.HI/c1-3-30-22(29)18-14-25-23(26-15-18)28-10-8-17(9-11-28)12-24-13-19-16-27(2)21-7-5-4-6-20(19)21;1-2-19-12(18)11-8-15-13(16-9-11)17-5-3-10(7-14)4-6-17;1-11-6-8(7-12)9-4-2-3-5-10(9)11;1-2;/h4-7,13-17H,3,8-12H2,1-2H3;8-10H,2-7,14H2,1H3;2-7H,1H3;;1H. The number of anilines is 2. The molecule has 0 unspecified atom stereocenters. The van der Waals surface area contributed by atoms with Crippen LogP contribution in [-0.2, 0) is 23.6 Å². The van der Waals surface area contributed by atoms with Gasteiger partial charge in [-0.05, 0) is 70.0 Å². The van der Waals surface area contributed by atoms with Crippen molar-refractivity contribution in [3.63, 3.8) is 0 Å². The number of piperidine rings is 2. The first kappa shape index (κ1) is 52.3. The van der Waals surface area contributed by atoms with Crippen LogP contribution in [0.1, 0.15) is 76.2 Å². The van der Waals surface area contributed by atoms with Gasteiger partial charge in [-0.15, -0.1) is 24.0 Å². The fourth-order valence-electron chi connectivity index (χ4n) is 7.54. The van der Waals surface area contributed by atoms with Crippen LogP contribution < -0.4 is 15.5 Å². The molecule has 342 valence electrons. The summed E-state index contributed by atoms with van der Waals surface area (Å²) < 4.78 is 14.0. The third-order valence-electron chi connectivity index (χ3n) is 11.0. The topological polar surface area (TPSA) is 176 Å². The lowest BCUT2D eigenvalue weighted by molar-refractivity contribution is 0.0515. The highest BCUT2D eigenvalue weighted by molar-refractivity contribution is 15.0. The number of hydrogen-bond donors (Lipinski definition) is 1. The largest absolute Gasteiger partial charge is 0.462 e. The average molecular weight is 1210 g/mol. The zero-order valence-corrected chi connectivity index (χ0v) is 43.3. The van der Waals surface area contributed by atoms with Crippen LogP contribution in [0.5, 0.6) is 0 Å². The minimum absolute atomic E-state index is 0.